The van der Waals surface area contributed by atoms with Crippen LogP contribution in [-0.2, 0) is 11.3 Å². The smallest absolute Gasteiger partial charge is 0.317 e. The molecule has 1 aromatic carbocycles. The maximum Gasteiger partial charge on any atom is 0.317 e. The molecule has 0 bridgehead atoms. The number of hydrogen-bond donors (Lipinski definition) is 2. The molecule has 138 valence electrons. The number of amides is 2. The maximum absolute atomic E-state index is 12.0. The zero-order chi connectivity index (χ0) is 18.9. The minimum Gasteiger partial charge on any atom is -0.497 e. The fourth-order valence-electron chi connectivity index (χ4n) is 2.10. The van der Waals surface area contributed by atoms with Gasteiger partial charge < -0.3 is 24.8 Å². The van der Waals surface area contributed by atoms with Crippen molar-refractivity contribution in [3.05, 3.63) is 48.2 Å². The van der Waals surface area contributed by atoms with Gasteiger partial charge in [0.25, 0.3) is 0 Å². The highest BCUT2D eigenvalue weighted by molar-refractivity contribution is 5.75. The maximum atomic E-state index is 12.0. The lowest BCUT2D eigenvalue weighted by atomic mass is 10.2. The monoisotopic (exact) mass is 359 g/mol. The van der Waals surface area contributed by atoms with Crippen LogP contribution in [0.15, 0.2) is 42.6 Å². The predicted molar refractivity (Wildman–Crippen MR) is 94.4 cm³/mol. The van der Waals surface area contributed by atoms with Crippen LogP contribution >= 0.6 is 0 Å². The van der Waals surface area contributed by atoms with Gasteiger partial charge in [0.05, 0.1) is 13.5 Å². The van der Waals surface area contributed by atoms with Crippen molar-refractivity contribution in [2.45, 2.75) is 13.0 Å². The summed E-state index contributed by atoms with van der Waals surface area (Å²) >= 11 is 0. The number of pyridine rings is 1. The zero-order valence-corrected chi connectivity index (χ0v) is 14.6. The van der Waals surface area contributed by atoms with E-state index in [0.717, 1.165) is 0 Å². The first-order chi connectivity index (χ1) is 12.5. The van der Waals surface area contributed by atoms with E-state index in [0.29, 0.717) is 22.9 Å². The number of ether oxygens (including phenoxy) is 2. The van der Waals surface area contributed by atoms with E-state index < -0.39 is 5.97 Å². The van der Waals surface area contributed by atoms with Crippen molar-refractivity contribution in [2.75, 3.05) is 20.7 Å². The molecule has 0 radical (unpaired) electrons. The molecule has 0 saturated heterocycles. The average molecular weight is 359 g/mol. The number of carbonyl (C=O) groups excluding carboxylic acids is 1. The Morgan fingerprint density at radius 3 is 2.73 bits per heavy atom. The van der Waals surface area contributed by atoms with Gasteiger partial charge in [-0.15, -0.1) is 0 Å². The third-order valence-electron chi connectivity index (χ3n) is 3.54. The van der Waals surface area contributed by atoms with E-state index in [2.05, 4.69) is 10.3 Å². The van der Waals surface area contributed by atoms with Gasteiger partial charge in [0.15, 0.2) is 0 Å². The molecule has 2 N–H and O–H groups in total. The molecular formula is C18H21N3O5. The van der Waals surface area contributed by atoms with Crippen LogP contribution in [0.4, 0.5) is 4.79 Å². The second-order valence-electron chi connectivity index (χ2n) is 5.47. The Bertz CT molecular complexity index is 766. The Kier molecular flexibility index (Phi) is 6.78. The van der Waals surface area contributed by atoms with Crippen LogP contribution in [0.1, 0.15) is 12.0 Å². The minimum absolute atomic E-state index is 0.110. The lowest BCUT2D eigenvalue weighted by Crippen LogP contribution is -2.38. The second-order valence-corrected chi connectivity index (χ2v) is 5.47. The molecular weight excluding hydrogens is 338 g/mol. The van der Waals surface area contributed by atoms with Crippen LogP contribution in [0.3, 0.4) is 0 Å². The molecule has 0 unspecified atom stereocenters. The van der Waals surface area contributed by atoms with E-state index in [1.165, 1.54) is 11.9 Å². The molecule has 0 aliphatic heterocycles. The van der Waals surface area contributed by atoms with Crippen molar-refractivity contribution < 1.29 is 24.2 Å². The van der Waals surface area contributed by atoms with Crippen LogP contribution in [0.5, 0.6) is 17.4 Å². The number of carboxylic acid groups (broad SMARTS) is 1. The molecule has 8 nitrogen and oxygen atoms in total. The van der Waals surface area contributed by atoms with E-state index in [1.54, 1.807) is 49.7 Å². The normalized spacial score (nSPS) is 10.1. The van der Waals surface area contributed by atoms with Gasteiger partial charge in [0.2, 0.25) is 5.88 Å². The van der Waals surface area contributed by atoms with Gasteiger partial charge in [-0.3, -0.25) is 4.79 Å². The number of benzene rings is 1. The summed E-state index contributed by atoms with van der Waals surface area (Å²) in [7, 11) is 3.11. The third-order valence-corrected chi connectivity index (χ3v) is 3.54. The highest BCUT2D eigenvalue weighted by Gasteiger charge is 2.12. The summed E-state index contributed by atoms with van der Waals surface area (Å²) in [6.07, 6.45) is 1.49. The van der Waals surface area contributed by atoms with E-state index in [4.69, 9.17) is 14.6 Å². The van der Waals surface area contributed by atoms with Gasteiger partial charge >= 0.3 is 12.0 Å². The largest absolute Gasteiger partial charge is 0.497 e. The van der Waals surface area contributed by atoms with Gasteiger partial charge in [-0.25, -0.2) is 9.78 Å². The molecule has 0 fully saturated rings. The van der Waals surface area contributed by atoms with Crippen molar-refractivity contribution in [1.82, 2.24) is 15.2 Å². The molecule has 2 rings (SSSR count). The van der Waals surface area contributed by atoms with Crippen LogP contribution < -0.4 is 14.8 Å². The molecule has 0 aliphatic carbocycles. The number of hydrogen-bond acceptors (Lipinski definition) is 5. The van der Waals surface area contributed by atoms with Crippen LogP contribution in [0, 0.1) is 0 Å². The summed E-state index contributed by atoms with van der Waals surface area (Å²) in [5.41, 5.74) is 0.690. The Balaban J connectivity index is 2.00. The van der Waals surface area contributed by atoms with Gasteiger partial charge in [-0.1, -0.05) is 12.1 Å². The third kappa shape index (κ3) is 5.66. The first-order valence-electron chi connectivity index (χ1n) is 7.96. The molecule has 0 spiro atoms. The van der Waals surface area contributed by atoms with Crippen molar-refractivity contribution in [3.63, 3.8) is 0 Å². The van der Waals surface area contributed by atoms with Crippen molar-refractivity contribution in [2.24, 2.45) is 0 Å². The van der Waals surface area contributed by atoms with Gasteiger partial charge in [-0.05, 0) is 18.2 Å². The molecule has 1 aromatic heterocycles. The molecule has 0 atom stereocenters. The number of nitrogens with zero attached hydrogens (tertiary/aromatic N) is 2. The molecule has 2 aromatic rings. The van der Waals surface area contributed by atoms with E-state index in [9.17, 15) is 9.59 Å². The predicted octanol–water partition coefficient (Wildman–Crippen LogP) is 2.50. The standard InChI is InChI=1S/C18H21N3O5/c1-21(10-8-16(22)23)18(24)20-12-13-5-4-9-19-17(13)26-15-7-3-6-14(11-15)25-2/h3-7,9,11H,8,10,12H2,1-2H3,(H,20,24)(H,22,23). The van der Waals surface area contributed by atoms with Crippen molar-refractivity contribution in [1.29, 1.82) is 0 Å². The summed E-state index contributed by atoms with van der Waals surface area (Å²) in [4.78, 5) is 28.1. The molecule has 0 saturated carbocycles. The number of nitrogens with one attached hydrogen (secondary N) is 1. The van der Waals surface area contributed by atoms with Gasteiger partial charge in [-0.2, -0.15) is 0 Å². The summed E-state index contributed by atoms with van der Waals surface area (Å²) in [6.45, 7) is 0.324. The molecule has 2 amide bonds. The number of methoxy groups -OCH3 is 1. The van der Waals surface area contributed by atoms with Crippen LogP contribution in [-0.4, -0.2) is 47.7 Å². The van der Waals surface area contributed by atoms with E-state index >= 15 is 0 Å². The van der Waals surface area contributed by atoms with Crippen molar-refractivity contribution >= 4 is 12.0 Å². The van der Waals surface area contributed by atoms with E-state index in [-0.39, 0.29) is 25.5 Å². The Morgan fingerprint density at radius 1 is 1.23 bits per heavy atom. The zero-order valence-electron chi connectivity index (χ0n) is 14.6. The number of aliphatic carboxylic acids is 1. The molecule has 26 heavy (non-hydrogen) atoms. The van der Waals surface area contributed by atoms with Crippen molar-refractivity contribution in [3.8, 4) is 17.4 Å². The number of aromatic nitrogens is 1. The Hall–Kier alpha value is -3.29. The number of urea groups is 1. The first kappa shape index (κ1) is 19.0. The SMILES string of the molecule is COc1cccc(Oc2ncccc2CNC(=O)N(C)CCC(=O)O)c1. The fraction of sp³-hybridized carbons (Fsp3) is 0.278. The Labute approximate surface area is 151 Å². The van der Waals surface area contributed by atoms with Crippen LogP contribution in [0.25, 0.3) is 0 Å². The van der Waals surface area contributed by atoms with Gasteiger partial charge in [0.1, 0.15) is 11.5 Å². The second kappa shape index (κ2) is 9.26. The average Bonchev–Trinajstić information content (AvgIpc) is 2.65. The summed E-state index contributed by atoms with van der Waals surface area (Å²) in [6, 6.07) is 10.3. The molecule has 1 heterocycles. The Morgan fingerprint density at radius 2 is 2.00 bits per heavy atom. The summed E-state index contributed by atoms with van der Waals surface area (Å²) in [5.74, 6) is 0.641. The summed E-state index contributed by atoms with van der Waals surface area (Å²) in [5, 5.41) is 11.4. The number of rotatable bonds is 8. The summed E-state index contributed by atoms with van der Waals surface area (Å²) < 4.78 is 11.0. The highest BCUT2D eigenvalue weighted by Crippen LogP contribution is 2.26. The quantitative estimate of drug-likeness (QED) is 0.751. The number of carbonyl (C=O) groups is 2. The number of carboxylic acids is 1. The first-order valence-corrected chi connectivity index (χ1v) is 7.96. The topological polar surface area (TPSA) is 101 Å². The van der Waals surface area contributed by atoms with E-state index in [1.807, 2.05) is 0 Å². The van der Waals surface area contributed by atoms with Gasteiger partial charge in [0, 0.05) is 38.0 Å². The lowest BCUT2D eigenvalue weighted by Gasteiger charge is -2.17. The minimum atomic E-state index is -0.953. The van der Waals surface area contributed by atoms with Crippen LogP contribution in [0.2, 0.25) is 0 Å². The lowest BCUT2D eigenvalue weighted by molar-refractivity contribution is -0.137. The highest BCUT2D eigenvalue weighted by atomic mass is 16.5. The molecule has 8 heteroatoms. The molecule has 0 aliphatic rings. The fourth-order valence-corrected chi connectivity index (χ4v) is 2.10.